The van der Waals surface area contributed by atoms with Crippen LogP contribution in [0, 0.1) is 18.6 Å². The maximum absolute atomic E-state index is 14.2. The van der Waals surface area contributed by atoms with Crippen LogP contribution in [0.5, 0.6) is 0 Å². The number of aryl methyl sites for hydroxylation is 1. The lowest BCUT2D eigenvalue weighted by Gasteiger charge is -2.28. The third-order valence-electron chi connectivity index (χ3n) is 3.21. The van der Waals surface area contributed by atoms with Gasteiger partial charge in [-0.15, -0.1) is 0 Å². The number of hydrogen-bond donors (Lipinski definition) is 1. The van der Waals surface area contributed by atoms with E-state index in [1.807, 2.05) is 20.8 Å². The molecule has 0 amide bonds. The molecule has 0 aliphatic heterocycles. The van der Waals surface area contributed by atoms with Gasteiger partial charge in [0.1, 0.15) is 11.6 Å². The Morgan fingerprint density at radius 3 is 2.42 bits per heavy atom. The molecule has 108 valence electrons. The molecule has 2 atom stereocenters. The summed E-state index contributed by atoms with van der Waals surface area (Å²) in [5.74, 6) is -1.00. The minimum absolute atomic E-state index is 0.0853. The number of rotatable bonds is 7. The summed E-state index contributed by atoms with van der Waals surface area (Å²) in [6, 6.07) is 2.31. The Morgan fingerprint density at radius 1 is 1.21 bits per heavy atom. The van der Waals surface area contributed by atoms with Crippen LogP contribution in [-0.4, -0.2) is 19.3 Å². The minimum Gasteiger partial charge on any atom is -0.377 e. The molecule has 0 aliphatic carbocycles. The first kappa shape index (κ1) is 16.1. The number of halogens is 2. The van der Waals surface area contributed by atoms with Crippen LogP contribution in [-0.2, 0) is 4.74 Å². The Hall–Kier alpha value is -1.00. The SMILES string of the molecule is CCNC(c1c(F)ccc(C)c1F)C(CC)OCC. The van der Waals surface area contributed by atoms with E-state index in [1.54, 1.807) is 6.92 Å². The topological polar surface area (TPSA) is 21.3 Å². The molecular weight excluding hydrogens is 248 g/mol. The van der Waals surface area contributed by atoms with Gasteiger partial charge in [0, 0.05) is 12.2 Å². The number of benzene rings is 1. The predicted molar refractivity (Wildman–Crippen MR) is 73.2 cm³/mol. The second-order valence-corrected chi connectivity index (χ2v) is 4.53. The highest BCUT2D eigenvalue weighted by Gasteiger charge is 2.27. The maximum atomic E-state index is 14.2. The molecule has 2 nitrogen and oxygen atoms in total. The molecule has 0 fully saturated rings. The van der Waals surface area contributed by atoms with Crippen LogP contribution in [0.25, 0.3) is 0 Å². The molecule has 1 N–H and O–H groups in total. The summed E-state index contributed by atoms with van der Waals surface area (Å²) in [7, 11) is 0. The van der Waals surface area contributed by atoms with Crippen LogP contribution in [0.3, 0.4) is 0 Å². The van der Waals surface area contributed by atoms with Gasteiger partial charge in [-0.05, 0) is 38.4 Å². The zero-order chi connectivity index (χ0) is 14.4. The summed E-state index contributed by atoms with van der Waals surface area (Å²) in [5.41, 5.74) is 0.535. The van der Waals surface area contributed by atoms with Crippen molar-refractivity contribution in [3.8, 4) is 0 Å². The van der Waals surface area contributed by atoms with Gasteiger partial charge in [0.05, 0.1) is 12.1 Å². The van der Waals surface area contributed by atoms with Crippen LogP contribution >= 0.6 is 0 Å². The van der Waals surface area contributed by atoms with E-state index in [9.17, 15) is 8.78 Å². The quantitative estimate of drug-likeness (QED) is 0.815. The van der Waals surface area contributed by atoms with Gasteiger partial charge in [0.15, 0.2) is 0 Å². The van der Waals surface area contributed by atoms with Crippen LogP contribution in [0.2, 0.25) is 0 Å². The third-order valence-corrected chi connectivity index (χ3v) is 3.21. The maximum Gasteiger partial charge on any atom is 0.133 e. The number of hydrogen-bond acceptors (Lipinski definition) is 2. The molecule has 0 heterocycles. The number of nitrogens with one attached hydrogen (secondary N) is 1. The van der Waals surface area contributed by atoms with E-state index in [1.165, 1.54) is 12.1 Å². The first-order chi connectivity index (χ1) is 9.06. The fourth-order valence-electron chi connectivity index (χ4n) is 2.27. The van der Waals surface area contributed by atoms with Gasteiger partial charge in [0.2, 0.25) is 0 Å². The average molecular weight is 271 g/mol. The molecular formula is C15H23F2NO. The lowest BCUT2D eigenvalue weighted by molar-refractivity contribution is 0.0299. The van der Waals surface area contributed by atoms with E-state index in [-0.39, 0.29) is 11.7 Å². The molecule has 1 rings (SSSR count). The van der Waals surface area contributed by atoms with Crippen molar-refractivity contribution in [2.24, 2.45) is 0 Å². The Balaban J connectivity index is 3.21. The van der Waals surface area contributed by atoms with Crippen LogP contribution < -0.4 is 5.32 Å². The fraction of sp³-hybridized carbons (Fsp3) is 0.600. The van der Waals surface area contributed by atoms with Crippen molar-refractivity contribution in [3.05, 3.63) is 34.9 Å². The van der Waals surface area contributed by atoms with Crippen LogP contribution in [0.1, 0.15) is 44.4 Å². The van der Waals surface area contributed by atoms with Crippen molar-refractivity contribution < 1.29 is 13.5 Å². The third kappa shape index (κ3) is 3.74. The highest BCUT2D eigenvalue weighted by atomic mass is 19.1. The Kier molecular flexibility index (Phi) is 6.38. The van der Waals surface area contributed by atoms with Gasteiger partial charge < -0.3 is 10.1 Å². The van der Waals surface area contributed by atoms with Crippen molar-refractivity contribution in [3.63, 3.8) is 0 Å². The van der Waals surface area contributed by atoms with Crippen molar-refractivity contribution in [1.29, 1.82) is 0 Å². The smallest absolute Gasteiger partial charge is 0.133 e. The molecule has 2 unspecified atom stereocenters. The van der Waals surface area contributed by atoms with Crippen molar-refractivity contribution in [1.82, 2.24) is 5.32 Å². The van der Waals surface area contributed by atoms with E-state index >= 15 is 0 Å². The molecule has 1 aromatic carbocycles. The molecule has 0 bridgehead atoms. The Labute approximate surface area is 114 Å². The molecule has 1 aromatic rings. The normalized spacial score (nSPS) is 14.4. The first-order valence-electron chi connectivity index (χ1n) is 6.86. The van der Waals surface area contributed by atoms with E-state index in [0.29, 0.717) is 25.1 Å². The van der Waals surface area contributed by atoms with Crippen molar-refractivity contribution >= 4 is 0 Å². The molecule has 4 heteroatoms. The molecule has 19 heavy (non-hydrogen) atoms. The van der Waals surface area contributed by atoms with Gasteiger partial charge in [-0.25, -0.2) is 8.78 Å². The fourth-order valence-corrected chi connectivity index (χ4v) is 2.27. The summed E-state index contributed by atoms with van der Waals surface area (Å²) in [4.78, 5) is 0. The van der Waals surface area contributed by atoms with Crippen molar-refractivity contribution in [2.45, 2.75) is 46.3 Å². The Bertz CT molecular complexity index is 409. The van der Waals surface area contributed by atoms with Gasteiger partial charge >= 0.3 is 0 Å². The summed E-state index contributed by atoms with van der Waals surface area (Å²) in [6.07, 6.45) is 0.453. The zero-order valence-corrected chi connectivity index (χ0v) is 12.1. The second-order valence-electron chi connectivity index (χ2n) is 4.53. The summed E-state index contributed by atoms with van der Waals surface area (Å²) < 4.78 is 33.9. The van der Waals surface area contributed by atoms with Gasteiger partial charge in [-0.3, -0.25) is 0 Å². The highest BCUT2D eigenvalue weighted by molar-refractivity contribution is 5.30. The standard InChI is InChI=1S/C15H23F2NO/c1-5-12(19-7-3)15(18-6-2)13-11(16)9-8-10(4)14(13)17/h8-9,12,15,18H,5-7H2,1-4H3. The summed E-state index contributed by atoms with van der Waals surface area (Å²) >= 11 is 0. The van der Waals surface area contributed by atoms with E-state index < -0.39 is 17.7 Å². The number of likely N-dealkylation sites (N-methyl/N-ethyl adjacent to an activating group) is 1. The van der Waals surface area contributed by atoms with Crippen LogP contribution in [0.15, 0.2) is 12.1 Å². The molecule has 0 aliphatic rings. The molecule has 0 saturated heterocycles. The Morgan fingerprint density at radius 2 is 1.89 bits per heavy atom. The summed E-state index contributed by atoms with van der Waals surface area (Å²) in [5, 5.41) is 3.14. The van der Waals surface area contributed by atoms with Gasteiger partial charge in [-0.2, -0.15) is 0 Å². The molecule has 0 radical (unpaired) electrons. The minimum atomic E-state index is -0.521. The van der Waals surface area contributed by atoms with Gasteiger partial charge in [0.25, 0.3) is 0 Å². The second kappa shape index (κ2) is 7.56. The zero-order valence-electron chi connectivity index (χ0n) is 12.1. The van der Waals surface area contributed by atoms with Crippen molar-refractivity contribution in [2.75, 3.05) is 13.2 Å². The lowest BCUT2D eigenvalue weighted by atomic mass is 9.96. The monoisotopic (exact) mass is 271 g/mol. The molecule has 0 saturated carbocycles. The van der Waals surface area contributed by atoms with E-state index in [4.69, 9.17) is 4.74 Å². The van der Waals surface area contributed by atoms with Crippen LogP contribution in [0.4, 0.5) is 8.78 Å². The van der Waals surface area contributed by atoms with E-state index in [0.717, 1.165) is 0 Å². The molecule has 0 aromatic heterocycles. The summed E-state index contributed by atoms with van der Waals surface area (Å²) in [6.45, 7) is 8.54. The van der Waals surface area contributed by atoms with E-state index in [2.05, 4.69) is 5.32 Å². The predicted octanol–water partition coefficient (Wildman–Crippen LogP) is 3.74. The average Bonchev–Trinajstić information content (AvgIpc) is 2.40. The first-order valence-corrected chi connectivity index (χ1v) is 6.86. The molecule has 0 spiro atoms. The highest BCUT2D eigenvalue weighted by Crippen LogP contribution is 2.28. The lowest BCUT2D eigenvalue weighted by Crippen LogP contribution is -2.35. The number of ether oxygens (including phenoxy) is 1. The largest absolute Gasteiger partial charge is 0.377 e. The van der Waals surface area contributed by atoms with Gasteiger partial charge in [-0.1, -0.05) is 19.9 Å².